The van der Waals surface area contributed by atoms with Gasteiger partial charge in [-0.25, -0.2) is 18.2 Å². The zero-order chi connectivity index (χ0) is 27.0. The highest BCUT2D eigenvalue weighted by Crippen LogP contribution is 2.38. The summed E-state index contributed by atoms with van der Waals surface area (Å²) in [7, 11) is 1.59. The standard InChI is InChI=1S/C29H31F3N4O2/c1-4-9-34-15-22-7-6-20(10-19-5-8-25(27(11-19)38-3)35-14-18(2)33-17-35)29(37)36(22)26(16-34)21-12-23(30)28(32)24(31)13-21/h5,8,10-14,17,22,26H,4,6-7,9,15-16H2,1-3H3/t22-,26-/m1/s1. The lowest BCUT2D eigenvalue weighted by molar-refractivity contribution is -0.139. The molecule has 9 heteroatoms. The van der Waals surface area contributed by atoms with Gasteiger partial charge in [0.25, 0.3) is 5.91 Å². The molecule has 38 heavy (non-hydrogen) atoms. The third kappa shape index (κ3) is 4.95. The molecule has 1 amide bonds. The molecule has 6 nitrogen and oxygen atoms in total. The first-order chi connectivity index (χ1) is 18.3. The fraction of sp³-hybridized carbons (Fsp3) is 0.379. The summed E-state index contributed by atoms with van der Waals surface area (Å²) in [6.45, 7) is 5.92. The quantitative estimate of drug-likeness (QED) is 0.318. The van der Waals surface area contributed by atoms with Crippen LogP contribution in [0.5, 0.6) is 5.75 Å². The molecule has 2 aliphatic rings. The summed E-state index contributed by atoms with van der Waals surface area (Å²) in [6, 6.07) is 7.06. The second-order valence-electron chi connectivity index (χ2n) is 10.0. The molecule has 0 N–H and O–H groups in total. The Morgan fingerprint density at radius 2 is 1.89 bits per heavy atom. The zero-order valence-electron chi connectivity index (χ0n) is 21.8. The van der Waals surface area contributed by atoms with Crippen molar-refractivity contribution < 1.29 is 22.7 Å². The number of carbonyl (C=O) groups excluding carboxylic acids is 1. The van der Waals surface area contributed by atoms with Gasteiger partial charge in [-0.1, -0.05) is 13.0 Å². The average molecular weight is 525 g/mol. The normalized spacial score (nSPS) is 21.2. The highest BCUT2D eigenvalue weighted by atomic mass is 19.2. The molecule has 200 valence electrons. The smallest absolute Gasteiger partial charge is 0.250 e. The maximum Gasteiger partial charge on any atom is 0.250 e. The lowest BCUT2D eigenvalue weighted by Crippen LogP contribution is -2.58. The maximum absolute atomic E-state index is 14.2. The summed E-state index contributed by atoms with van der Waals surface area (Å²) in [5.41, 5.74) is 3.41. The van der Waals surface area contributed by atoms with Gasteiger partial charge in [0.15, 0.2) is 17.5 Å². The average Bonchev–Trinajstić information content (AvgIpc) is 3.34. The third-order valence-electron chi connectivity index (χ3n) is 7.35. The summed E-state index contributed by atoms with van der Waals surface area (Å²) in [6.07, 6.45) is 7.70. The molecule has 0 saturated carbocycles. The third-order valence-corrected chi connectivity index (χ3v) is 7.35. The van der Waals surface area contributed by atoms with Crippen LogP contribution in [0.2, 0.25) is 0 Å². The SMILES string of the molecule is CCCN1C[C@H]2CCC(=Cc3ccc(-n4cnc(C)c4)c(OC)c3)C(=O)N2[C@@H](c2cc(F)c(F)c(F)c2)C1. The van der Waals surface area contributed by atoms with Crippen LogP contribution in [0.4, 0.5) is 13.2 Å². The van der Waals surface area contributed by atoms with Gasteiger partial charge in [0, 0.05) is 30.9 Å². The first kappa shape index (κ1) is 26.0. The number of nitrogens with zero attached hydrogens (tertiary/aromatic N) is 4. The number of fused-ring (bicyclic) bond motifs is 1. The summed E-state index contributed by atoms with van der Waals surface area (Å²) in [5.74, 6) is -3.52. The number of imidazole rings is 1. The van der Waals surface area contributed by atoms with Gasteiger partial charge in [0.1, 0.15) is 5.75 Å². The van der Waals surface area contributed by atoms with Gasteiger partial charge in [0.2, 0.25) is 0 Å². The number of piperazine rings is 1. The van der Waals surface area contributed by atoms with Crippen LogP contribution in [0.1, 0.15) is 49.0 Å². The minimum Gasteiger partial charge on any atom is -0.495 e. The van der Waals surface area contributed by atoms with Gasteiger partial charge in [0.05, 0.1) is 30.9 Å². The monoisotopic (exact) mass is 524 g/mol. The van der Waals surface area contributed by atoms with Gasteiger partial charge >= 0.3 is 0 Å². The van der Waals surface area contributed by atoms with E-state index < -0.39 is 23.5 Å². The number of aryl methyl sites for hydroxylation is 1. The Bertz CT molecular complexity index is 1360. The number of benzene rings is 2. The first-order valence-electron chi connectivity index (χ1n) is 12.9. The summed E-state index contributed by atoms with van der Waals surface area (Å²) in [5, 5.41) is 0. The fourth-order valence-corrected chi connectivity index (χ4v) is 5.60. The number of hydrogen-bond acceptors (Lipinski definition) is 4. The number of halogens is 3. The molecule has 2 aromatic carbocycles. The van der Waals surface area contributed by atoms with Crippen molar-refractivity contribution in [1.29, 1.82) is 0 Å². The topological polar surface area (TPSA) is 50.6 Å². The van der Waals surface area contributed by atoms with Crippen molar-refractivity contribution in [3.63, 3.8) is 0 Å². The predicted octanol–water partition coefficient (Wildman–Crippen LogP) is 5.45. The van der Waals surface area contributed by atoms with Crippen LogP contribution in [0.15, 0.2) is 48.4 Å². The fourth-order valence-electron chi connectivity index (χ4n) is 5.60. The maximum atomic E-state index is 14.2. The van der Waals surface area contributed by atoms with Crippen molar-refractivity contribution in [3.8, 4) is 11.4 Å². The number of methoxy groups -OCH3 is 1. The summed E-state index contributed by atoms with van der Waals surface area (Å²) >= 11 is 0. The largest absolute Gasteiger partial charge is 0.495 e. The summed E-state index contributed by atoms with van der Waals surface area (Å²) < 4.78 is 49.6. The Morgan fingerprint density at radius 3 is 2.55 bits per heavy atom. The van der Waals surface area contributed by atoms with Crippen molar-refractivity contribution in [3.05, 3.63) is 82.7 Å². The van der Waals surface area contributed by atoms with E-state index in [0.29, 0.717) is 30.8 Å². The van der Waals surface area contributed by atoms with E-state index in [-0.39, 0.29) is 17.5 Å². The Balaban J connectivity index is 1.48. The van der Waals surface area contributed by atoms with E-state index in [1.165, 1.54) is 0 Å². The molecule has 2 saturated heterocycles. The molecule has 0 radical (unpaired) electrons. The van der Waals surface area contributed by atoms with Gasteiger partial charge in [-0.15, -0.1) is 0 Å². The van der Waals surface area contributed by atoms with Crippen LogP contribution in [-0.2, 0) is 4.79 Å². The molecule has 0 aliphatic carbocycles. The van der Waals surface area contributed by atoms with Crippen LogP contribution in [-0.4, -0.2) is 58.0 Å². The van der Waals surface area contributed by atoms with Crippen LogP contribution in [0.3, 0.4) is 0 Å². The van der Waals surface area contributed by atoms with Crippen LogP contribution in [0, 0.1) is 24.4 Å². The van der Waals surface area contributed by atoms with Crippen LogP contribution < -0.4 is 4.74 Å². The van der Waals surface area contributed by atoms with Crippen molar-refractivity contribution in [1.82, 2.24) is 19.4 Å². The number of hydrogen-bond donors (Lipinski definition) is 0. The Labute approximate surface area is 220 Å². The number of ether oxygens (including phenoxy) is 1. The molecule has 0 unspecified atom stereocenters. The zero-order valence-corrected chi connectivity index (χ0v) is 21.8. The molecule has 2 aliphatic heterocycles. The van der Waals surface area contributed by atoms with Crippen molar-refractivity contribution in [2.75, 3.05) is 26.7 Å². The number of amides is 1. The van der Waals surface area contributed by atoms with E-state index in [9.17, 15) is 18.0 Å². The van der Waals surface area contributed by atoms with E-state index in [2.05, 4.69) is 16.8 Å². The lowest BCUT2D eigenvalue weighted by Gasteiger charge is -2.49. The van der Waals surface area contributed by atoms with E-state index in [0.717, 1.165) is 48.5 Å². The lowest BCUT2D eigenvalue weighted by atomic mass is 9.88. The molecular weight excluding hydrogens is 493 g/mol. The van der Waals surface area contributed by atoms with Crippen molar-refractivity contribution in [2.45, 2.75) is 45.2 Å². The Morgan fingerprint density at radius 1 is 1.13 bits per heavy atom. The number of rotatable bonds is 6. The molecule has 3 aromatic rings. The highest BCUT2D eigenvalue weighted by molar-refractivity contribution is 5.99. The van der Waals surface area contributed by atoms with Gasteiger partial charge in [-0.3, -0.25) is 9.69 Å². The van der Waals surface area contributed by atoms with E-state index in [1.807, 2.05) is 42.0 Å². The van der Waals surface area contributed by atoms with Gasteiger partial charge in [-0.2, -0.15) is 0 Å². The molecule has 5 rings (SSSR count). The minimum absolute atomic E-state index is 0.0949. The molecule has 2 fully saturated rings. The molecule has 3 heterocycles. The second-order valence-corrected chi connectivity index (χ2v) is 10.0. The Hall–Kier alpha value is -3.59. The van der Waals surface area contributed by atoms with Crippen molar-refractivity contribution in [2.24, 2.45) is 0 Å². The molecule has 2 atom stereocenters. The minimum atomic E-state index is -1.50. The summed E-state index contributed by atoms with van der Waals surface area (Å²) in [4.78, 5) is 22.1. The van der Waals surface area contributed by atoms with E-state index >= 15 is 0 Å². The predicted molar refractivity (Wildman–Crippen MR) is 138 cm³/mol. The van der Waals surface area contributed by atoms with E-state index in [4.69, 9.17) is 4.74 Å². The molecule has 1 aromatic heterocycles. The van der Waals surface area contributed by atoms with Crippen molar-refractivity contribution >= 4 is 12.0 Å². The van der Waals surface area contributed by atoms with Crippen LogP contribution >= 0.6 is 0 Å². The number of aromatic nitrogens is 2. The Kier molecular flexibility index (Phi) is 7.29. The molecule has 0 bridgehead atoms. The highest BCUT2D eigenvalue weighted by Gasteiger charge is 2.42. The second kappa shape index (κ2) is 10.6. The molecular formula is C29H31F3N4O2. The van der Waals surface area contributed by atoms with E-state index in [1.54, 1.807) is 18.3 Å². The van der Waals surface area contributed by atoms with Crippen LogP contribution in [0.25, 0.3) is 11.8 Å². The number of piperidine rings is 1. The number of carbonyl (C=O) groups is 1. The molecule has 0 spiro atoms. The van der Waals surface area contributed by atoms with Gasteiger partial charge in [-0.05, 0) is 74.2 Å². The first-order valence-corrected chi connectivity index (χ1v) is 12.9. The van der Waals surface area contributed by atoms with Gasteiger partial charge < -0.3 is 14.2 Å².